The van der Waals surface area contributed by atoms with Crippen LogP contribution in [0.25, 0.3) is 38.8 Å². The average molecular weight is 599 g/mol. The predicted molar refractivity (Wildman–Crippen MR) is 180 cm³/mol. The fraction of sp³-hybridized carbons (Fsp3) is 0.0769. The molecular weight excluding hydrogens is 573 g/mol. The number of rotatable bonds is 2. The van der Waals surface area contributed by atoms with E-state index in [-0.39, 0.29) is 5.37 Å². The van der Waals surface area contributed by atoms with E-state index in [1.807, 2.05) is 11.8 Å². The Balaban J connectivity index is 1.20. The molecule has 0 bridgehead atoms. The zero-order valence-corrected chi connectivity index (χ0v) is 25.2. The highest BCUT2D eigenvalue weighted by Gasteiger charge is 2.71. The predicted octanol–water partition coefficient (Wildman–Crippen LogP) is 7.85. The summed E-state index contributed by atoms with van der Waals surface area (Å²) in [5.41, 5.74) is 9.30. The van der Waals surface area contributed by atoms with E-state index in [1.165, 1.54) is 66.2 Å². The molecule has 11 rings (SSSR count). The third-order valence-electron chi connectivity index (χ3n) is 10.1. The van der Waals surface area contributed by atoms with Crippen LogP contribution < -0.4 is 14.3 Å². The van der Waals surface area contributed by atoms with Gasteiger partial charge in [-0.15, -0.1) is 9.69 Å². The van der Waals surface area contributed by atoms with Gasteiger partial charge in [0, 0.05) is 16.8 Å². The number of hydrogen-bond acceptors (Lipinski definition) is 3. The van der Waals surface area contributed by atoms with E-state index in [2.05, 4.69) is 159 Å². The molecule has 5 nitrogen and oxygen atoms in total. The van der Waals surface area contributed by atoms with E-state index >= 15 is 0 Å². The van der Waals surface area contributed by atoms with Gasteiger partial charge in [0.15, 0.2) is 17.9 Å². The zero-order chi connectivity index (χ0) is 29.4. The molecule has 2 aromatic heterocycles. The smallest absolute Gasteiger partial charge is 0.288 e. The molecule has 0 amide bonds. The maximum atomic E-state index is 6.82. The zero-order valence-electron chi connectivity index (χ0n) is 24.4. The minimum absolute atomic E-state index is 0.0358. The summed E-state index contributed by atoms with van der Waals surface area (Å²) in [6.07, 6.45) is 2.28. The van der Waals surface area contributed by atoms with Crippen LogP contribution in [0.2, 0.25) is 0 Å². The fourth-order valence-electron chi connectivity index (χ4n) is 8.40. The summed E-state index contributed by atoms with van der Waals surface area (Å²) >= 11 is 1.95. The van der Waals surface area contributed by atoms with E-state index < -0.39 is 5.54 Å². The number of para-hydroxylation sites is 1. The van der Waals surface area contributed by atoms with Gasteiger partial charge in [0.05, 0.1) is 22.9 Å². The highest BCUT2D eigenvalue weighted by atomic mass is 32.2. The lowest BCUT2D eigenvalue weighted by molar-refractivity contribution is -0.740. The fourth-order valence-corrected chi connectivity index (χ4v) is 10.0. The molecule has 0 fully saturated rings. The SMILES string of the molecule is C[N+]1=C(c2ccc(-c3ccccc3)cc2)SC2N1c1cccc3c1C21c2c(ccc4c5ccccc5n(c24)-c2cccc[n+]21)O3. The van der Waals surface area contributed by atoms with E-state index in [1.54, 1.807) is 0 Å². The lowest BCUT2D eigenvalue weighted by atomic mass is 9.78. The summed E-state index contributed by atoms with van der Waals surface area (Å²) < 4.78 is 14.2. The molecule has 5 aromatic carbocycles. The first-order valence-electron chi connectivity index (χ1n) is 15.4. The number of hydrogen-bond donors (Lipinski definition) is 0. The van der Waals surface area contributed by atoms with Crippen LogP contribution >= 0.6 is 11.8 Å². The monoisotopic (exact) mass is 598 g/mol. The van der Waals surface area contributed by atoms with Crippen molar-refractivity contribution in [3.05, 3.63) is 150 Å². The van der Waals surface area contributed by atoms with Crippen molar-refractivity contribution in [2.45, 2.75) is 10.9 Å². The van der Waals surface area contributed by atoms with Crippen LogP contribution in [0.3, 0.4) is 0 Å². The number of hydrazone groups is 1. The summed E-state index contributed by atoms with van der Waals surface area (Å²) in [5, 5.41) is 6.31. The van der Waals surface area contributed by atoms with Crippen LogP contribution in [0.1, 0.15) is 16.7 Å². The van der Waals surface area contributed by atoms with Gasteiger partial charge in [0.25, 0.3) is 10.9 Å². The molecule has 45 heavy (non-hydrogen) atoms. The van der Waals surface area contributed by atoms with Crippen LogP contribution in [-0.4, -0.2) is 26.7 Å². The Kier molecular flexibility index (Phi) is 4.40. The van der Waals surface area contributed by atoms with Crippen LogP contribution in [-0.2, 0) is 5.54 Å². The van der Waals surface area contributed by atoms with Crippen molar-refractivity contribution < 1.29 is 14.0 Å². The maximum Gasteiger partial charge on any atom is 0.288 e. The Bertz CT molecular complexity index is 2460. The lowest BCUT2D eigenvalue weighted by Crippen LogP contribution is -2.67. The van der Waals surface area contributed by atoms with Gasteiger partial charge in [-0.2, -0.15) is 4.57 Å². The van der Waals surface area contributed by atoms with Crippen molar-refractivity contribution in [1.29, 1.82) is 0 Å². The number of benzene rings is 5. The number of aromatic nitrogens is 2. The Morgan fingerprint density at radius 1 is 0.667 bits per heavy atom. The lowest BCUT2D eigenvalue weighted by Gasteiger charge is -2.39. The quantitative estimate of drug-likeness (QED) is 0.190. The number of fused-ring (bicyclic) bond motifs is 7. The number of nitrogens with zero attached hydrogens (tertiary/aromatic N) is 4. The summed E-state index contributed by atoms with van der Waals surface area (Å²) in [5.74, 6) is 3.04. The van der Waals surface area contributed by atoms with Crippen molar-refractivity contribution in [2.24, 2.45) is 0 Å². The minimum Gasteiger partial charge on any atom is -0.456 e. The Morgan fingerprint density at radius 2 is 1.42 bits per heavy atom. The number of hydrazine groups is 1. The van der Waals surface area contributed by atoms with Crippen LogP contribution in [0.15, 0.2) is 134 Å². The van der Waals surface area contributed by atoms with Crippen LogP contribution in [0.4, 0.5) is 5.69 Å². The summed E-state index contributed by atoms with van der Waals surface area (Å²) in [4.78, 5) is 0. The van der Waals surface area contributed by atoms with E-state index in [0.717, 1.165) is 11.5 Å². The molecule has 4 aliphatic heterocycles. The molecular formula is C39H26N4OS+2. The normalized spacial score (nSPS) is 19.9. The topological polar surface area (TPSA) is 24.3 Å². The van der Waals surface area contributed by atoms with E-state index in [4.69, 9.17) is 4.74 Å². The van der Waals surface area contributed by atoms with Gasteiger partial charge in [-0.05, 0) is 77.5 Å². The molecule has 2 atom stereocenters. The molecule has 0 saturated heterocycles. The molecule has 4 aliphatic rings. The third kappa shape index (κ3) is 2.74. The molecule has 2 unspecified atom stereocenters. The summed E-state index contributed by atoms with van der Waals surface area (Å²) in [7, 11) is 2.21. The molecule has 6 heterocycles. The van der Waals surface area contributed by atoms with Crippen molar-refractivity contribution in [1.82, 2.24) is 4.57 Å². The van der Waals surface area contributed by atoms with Gasteiger partial charge in [0.2, 0.25) is 5.54 Å². The van der Waals surface area contributed by atoms with Gasteiger partial charge < -0.3 is 4.74 Å². The second-order valence-corrected chi connectivity index (χ2v) is 13.3. The van der Waals surface area contributed by atoms with Crippen molar-refractivity contribution in [3.8, 4) is 28.4 Å². The molecule has 212 valence electrons. The minimum atomic E-state index is -0.509. The molecule has 7 aromatic rings. The standard InChI is InChI=1S/C39H26N4OS/c1-40-37(26-19-17-25(18-20-26)24-10-3-2-4-11-24)45-38-39-34-30(43(38)40)14-9-15-31(34)44-32-22-21-28-27-12-5-6-13-29(27)42(36(28)35(32)39)33-16-7-8-23-41(33)39/h2-23,38H,1H3/q+2. The summed E-state index contributed by atoms with van der Waals surface area (Å²) in [6, 6.07) is 46.0. The highest BCUT2D eigenvalue weighted by Crippen LogP contribution is 2.64. The number of anilines is 1. The molecule has 0 saturated carbocycles. The van der Waals surface area contributed by atoms with Crippen molar-refractivity contribution in [2.75, 3.05) is 12.1 Å². The van der Waals surface area contributed by atoms with E-state index in [9.17, 15) is 0 Å². The first kappa shape index (κ1) is 24.0. The number of thioether (sulfide) groups is 1. The van der Waals surface area contributed by atoms with Gasteiger partial charge in [0.1, 0.15) is 22.7 Å². The molecule has 1 spiro atoms. The van der Waals surface area contributed by atoms with Crippen molar-refractivity contribution >= 4 is 44.3 Å². The Morgan fingerprint density at radius 3 is 2.31 bits per heavy atom. The number of pyridine rings is 1. The Hall–Kier alpha value is -5.33. The summed E-state index contributed by atoms with van der Waals surface area (Å²) in [6.45, 7) is 0. The van der Waals surface area contributed by atoms with Crippen molar-refractivity contribution in [3.63, 3.8) is 0 Å². The molecule has 0 aliphatic carbocycles. The molecule has 0 N–H and O–H groups in total. The van der Waals surface area contributed by atoms with Gasteiger partial charge in [-0.3, -0.25) is 0 Å². The molecule has 6 heteroatoms. The maximum absolute atomic E-state index is 6.82. The van der Waals surface area contributed by atoms with E-state index in [0.29, 0.717) is 0 Å². The highest BCUT2D eigenvalue weighted by molar-refractivity contribution is 8.15. The van der Waals surface area contributed by atoms with Crippen LogP contribution in [0.5, 0.6) is 11.5 Å². The van der Waals surface area contributed by atoms with Crippen LogP contribution in [0, 0.1) is 0 Å². The largest absolute Gasteiger partial charge is 0.456 e. The third-order valence-corrected chi connectivity index (χ3v) is 11.6. The van der Waals surface area contributed by atoms with Gasteiger partial charge >= 0.3 is 0 Å². The second-order valence-electron chi connectivity index (χ2n) is 12.2. The Labute approximate surface area is 263 Å². The molecule has 0 radical (unpaired) electrons. The second kappa shape index (κ2) is 8.23. The first-order valence-corrected chi connectivity index (χ1v) is 16.2. The first-order chi connectivity index (χ1) is 22.2. The number of ether oxygens (including phenoxy) is 1. The average Bonchev–Trinajstić information content (AvgIpc) is 3.72. The van der Waals surface area contributed by atoms with Gasteiger partial charge in [-0.1, -0.05) is 66.7 Å². The van der Waals surface area contributed by atoms with Gasteiger partial charge in [-0.25, -0.2) is 4.57 Å².